The highest BCUT2D eigenvalue weighted by atomic mass is 35.5. The summed E-state index contributed by atoms with van der Waals surface area (Å²) in [6.45, 7) is 0.0987. The summed E-state index contributed by atoms with van der Waals surface area (Å²) in [7, 11) is 1.64. The van der Waals surface area contributed by atoms with Crippen molar-refractivity contribution in [2.24, 2.45) is 5.92 Å². The predicted molar refractivity (Wildman–Crippen MR) is 126 cm³/mol. The minimum Gasteiger partial charge on any atom is -0.497 e. The number of nitrogens with zero attached hydrogens (tertiary/aromatic N) is 1. The van der Waals surface area contributed by atoms with Crippen LogP contribution in [0.2, 0.25) is 10.0 Å². The molecule has 3 aromatic rings. The highest BCUT2D eigenvalue weighted by Crippen LogP contribution is 2.41. The molecule has 4 rings (SSSR count). The maximum atomic E-state index is 12.7. The fourth-order valence-corrected chi connectivity index (χ4v) is 3.82. The van der Waals surface area contributed by atoms with Crippen LogP contribution in [0.25, 0.3) is 0 Å². The van der Waals surface area contributed by atoms with Gasteiger partial charge in [0.15, 0.2) is 5.75 Å². The van der Waals surface area contributed by atoms with Gasteiger partial charge in [-0.2, -0.15) is 0 Å². The van der Waals surface area contributed by atoms with E-state index in [1.807, 2.05) is 42.5 Å². The van der Waals surface area contributed by atoms with E-state index in [4.69, 9.17) is 32.7 Å². The number of ether oxygens (including phenoxy) is 2. The van der Waals surface area contributed by atoms with Gasteiger partial charge in [0.2, 0.25) is 11.8 Å². The molecule has 0 saturated heterocycles. The minimum absolute atomic E-state index is 0.0150. The second kappa shape index (κ2) is 10.1. The van der Waals surface area contributed by atoms with Crippen molar-refractivity contribution >= 4 is 34.8 Å². The van der Waals surface area contributed by atoms with Gasteiger partial charge in [-0.15, -0.1) is 0 Å². The maximum absolute atomic E-state index is 12.7. The van der Waals surface area contributed by atoms with Crippen molar-refractivity contribution in [1.29, 1.82) is 0 Å². The van der Waals surface area contributed by atoms with Crippen LogP contribution >= 0.6 is 23.2 Å². The molecule has 0 spiro atoms. The normalized spacial score (nSPS) is 13.8. The molecule has 0 aliphatic heterocycles. The van der Waals surface area contributed by atoms with Crippen molar-refractivity contribution < 1.29 is 14.3 Å². The molecule has 1 aliphatic rings. The molecule has 1 fully saturated rings. The number of benzene rings is 2. The van der Waals surface area contributed by atoms with E-state index < -0.39 is 0 Å². The van der Waals surface area contributed by atoms with Crippen molar-refractivity contribution in [1.82, 2.24) is 10.3 Å². The second-order valence-electron chi connectivity index (χ2n) is 7.55. The molecule has 1 aromatic heterocycles. The first-order chi connectivity index (χ1) is 15.5. The highest BCUT2D eigenvalue weighted by Gasteiger charge is 2.33. The molecule has 1 atom stereocenters. The number of pyridine rings is 1. The number of aromatic nitrogens is 1. The molecule has 2 N–H and O–H groups in total. The van der Waals surface area contributed by atoms with Crippen LogP contribution in [0.15, 0.2) is 60.8 Å². The smallest absolute Gasteiger partial charge is 0.239 e. The fourth-order valence-electron chi connectivity index (χ4n) is 3.40. The third-order valence-electron chi connectivity index (χ3n) is 5.19. The molecule has 1 unspecified atom stereocenters. The molecule has 2 aromatic carbocycles. The summed E-state index contributed by atoms with van der Waals surface area (Å²) < 4.78 is 11.1. The Hall–Kier alpha value is -2.96. The molecule has 166 valence electrons. The molecule has 6 nitrogen and oxygen atoms in total. The fraction of sp³-hybridized carbons (Fsp3) is 0.250. The summed E-state index contributed by atoms with van der Waals surface area (Å²) in [5, 5.41) is 7.03. The van der Waals surface area contributed by atoms with E-state index in [1.54, 1.807) is 19.2 Å². The Balaban J connectivity index is 1.40. The first kappa shape index (κ1) is 22.2. The SMILES string of the molecule is COc1ccc(C(NC(=O)CNc2ccccc2Oc2ncc(Cl)cc2Cl)C2CC2)cc1. The lowest BCUT2D eigenvalue weighted by atomic mass is 10.0. The molecular formula is C24H23Cl2N3O3. The summed E-state index contributed by atoms with van der Waals surface area (Å²) in [5.74, 6) is 1.90. The van der Waals surface area contributed by atoms with E-state index in [2.05, 4.69) is 15.6 Å². The quantitative estimate of drug-likeness (QED) is 0.408. The van der Waals surface area contributed by atoms with E-state index >= 15 is 0 Å². The van der Waals surface area contributed by atoms with Gasteiger partial charge in [0.1, 0.15) is 10.8 Å². The van der Waals surface area contributed by atoms with Gasteiger partial charge in [0.25, 0.3) is 0 Å². The Morgan fingerprint density at radius 3 is 2.59 bits per heavy atom. The summed E-state index contributed by atoms with van der Waals surface area (Å²) >= 11 is 12.1. The topological polar surface area (TPSA) is 72.5 Å². The number of anilines is 1. The van der Waals surface area contributed by atoms with Crippen molar-refractivity contribution in [3.8, 4) is 17.4 Å². The molecule has 8 heteroatoms. The molecule has 1 heterocycles. The zero-order chi connectivity index (χ0) is 22.5. The molecule has 1 aliphatic carbocycles. The number of amides is 1. The zero-order valence-electron chi connectivity index (χ0n) is 17.5. The van der Waals surface area contributed by atoms with Crippen LogP contribution in [-0.2, 0) is 4.79 Å². The predicted octanol–water partition coefficient (Wildman–Crippen LogP) is 5.87. The zero-order valence-corrected chi connectivity index (χ0v) is 19.0. The van der Waals surface area contributed by atoms with Crippen molar-refractivity contribution in [2.75, 3.05) is 19.0 Å². The van der Waals surface area contributed by atoms with Crippen molar-refractivity contribution in [2.45, 2.75) is 18.9 Å². The minimum atomic E-state index is -0.102. The summed E-state index contributed by atoms with van der Waals surface area (Å²) in [5.41, 5.74) is 1.73. The van der Waals surface area contributed by atoms with Gasteiger partial charge < -0.3 is 20.1 Å². The average molecular weight is 472 g/mol. The van der Waals surface area contributed by atoms with Gasteiger partial charge in [0.05, 0.1) is 30.4 Å². The van der Waals surface area contributed by atoms with Gasteiger partial charge in [-0.25, -0.2) is 4.98 Å². The second-order valence-corrected chi connectivity index (χ2v) is 8.39. The number of rotatable bonds is 9. The summed E-state index contributed by atoms with van der Waals surface area (Å²) in [6.07, 6.45) is 3.68. The van der Waals surface area contributed by atoms with Crippen LogP contribution < -0.4 is 20.1 Å². The van der Waals surface area contributed by atoms with Crippen molar-refractivity contribution in [3.63, 3.8) is 0 Å². The van der Waals surface area contributed by atoms with E-state index in [0.717, 1.165) is 24.2 Å². The lowest BCUT2D eigenvalue weighted by Crippen LogP contribution is -2.34. The van der Waals surface area contributed by atoms with Crippen LogP contribution in [0.5, 0.6) is 17.4 Å². The molecule has 32 heavy (non-hydrogen) atoms. The number of hydrogen-bond acceptors (Lipinski definition) is 5. The standard InChI is InChI=1S/C24H23Cl2N3O3/c1-31-18-10-8-16(9-11-18)23(15-6-7-15)29-22(30)14-27-20-4-2-3-5-21(20)32-24-19(26)12-17(25)13-28-24/h2-5,8-13,15,23,27H,6-7,14H2,1H3,(H,29,30). The number of nitrogens with one attached hydrogen (secondary N) is 2. The molecule has 0 bridgehead atoms. The summed E-state index contributed by atoms with van der Waals surface area (Å²) in [4.78, 5) is 16.8. The molecular weight excluding hydrogens is 449 g/mol. The number of methoxy groups -OCH3 is 1. The Morgan fingerprint density at radius 1 is 1.16 bits per heavy atom. The molecule has 0 radical (unpaired) electrons. The van der Waals surface area contributed by atoms with Crippen LogP contribution in [0.4, 0.5) is 5.69 Å². The van der Waals surface area contributed by atoms with Crippen LogP contribution in [0, 0.1) is 5.92 Å². The Bertz CT molecular complexity index is 1090. The molecule has 1 amide bonds. The van der Waals surface area contributed by atoms with Gasteiger partial charge in [-0.05, 0) is 54.7 Å². The number of carbonyl (C=O) groups is 1. The van der Waals surface area contributed by atoms with Crippen LogP contribution in [0.3, 0.4) is 0 Å². The van der Waals surface area contributed by atoms with Gasteiger partial charge >= 0.3 is 0 Å². The Kier molecular flexibility index (Phi) is 7.02. The van der Waals surface area contributed by atoms with Crippen molar-refractivity contribution in [3.05, 3.63) is 76.4 Å². The highest BCUT2D eigenvalue weighted by molar-refractivity contribution is 6.35. The van der Waals surface area contributed by atoms with Crippen LogP contribution in [0.1, 0.15) is 24.4 Å². The largest absolute Gasteiger partial charge is 0.497 e. The molecule has 1 saturated carbocycles. The maximum Gasteiger partial charge on any atom is 0.239 e. The summed E-state index contributed by atoms with van der Waals surface area (Å²) in [6, 6.07) is 16.7. The number of halogens is 2. The van der Waals surface area contributed by atoms with Gasteiger partial charge in [0, 0.05) is 6.20 Å². The van der Waals surface area contributed by atoms with E-state index in [0.29, 0.717) is 27.4 Å². The third kappa shape index (κ3) is 5.64. The van der Waals surface area contributed by atoms with Gasteiger partial charge in [-0.3, -0.25) is 4.79 Å². The number of hydrogen-bond donors (Lipinski definition) is 2. The van der Waals surface area contributed by atoms with E-state index in [-0.39, 0.29) is 24.4 Å². The van der Waals surface area contributed by atoms with E-state index in [1.165, 1.54) is 6.20 Å². The third-order valence-corrected chi connectivity index (χ3v) is 5.67. The lowest BCUT2D eigenvalue weighted by Gasteiger charge is -2.20. The first-order valence-corrected chi connectivity index (χ1v) is 11.0. The average Bonchev–Trinajstić information content (AvgIpc) is 3.64. The Labute approximate surface area is 196 Å². The number of carbonyl (C=O) groups excluding carboxylic acids is 1. The lowest BCUT2D eigenvalue weighted by molar-refractivity contribution is -0.120. The monoisotopic (exact) mass is 471 g/mol. The first-order valence-electron chi connectivity index (χ1n) is 10.3. The van der Waals surface area contributed by atoms with E-state index in [9.17, 15) is 4.79 Å². The van der Waals surface area contributed by atoms with Gasteiger partial charge in [-0.1, -0.05) is 47.5 Å². The van der Waals surface area contributed by atoms with Crippen LogP contribution in [-0.4, -0.2) is 24.5 Å². The Morgan fingerprint density at radius 2 is 1.91 bits per heavy atom. The number of para-hydroxylation sites is 2.